The number of carbonyl (C=O) groups excluding carboxylic acids is 2. The number of esters is 1. The zero-order chi connectivity index (χ0) is 13.9. The Kier molecular flexibility index (Phi) is 2.51. The molecule has 0 N–H and O–H groups in total. The maximum Gasteiger partial charge on any atom is 0.310 e. The summed E-state index contributed by atoms with van der Waals surface area (Å²) in [5.74, 6) is -0.565. The van der Waals surface area contributed by atoms with Gasteiger partial charge in [0.25, 0.3) is 0 Å². The molecule has 4 rings (SSSR count). The van der Waals surface area contributed by atoms with E-state index in [0.717, 1.165) is 17.4 Å². The third-order valence-electron chi connectivity index (χ3n) is 4.49. The molecule has 1 saturated heterocycles. The first-order chi connectivity index (χ1) is 9.66. The number of thiophene rings is 1. The van der Waals surface area contributed by atoms with E-state index < -0.39 is 0 Å². The highest BCUT2D eigenvalue weighted by Gasteiger charge is 2.49. The zero-order valence-electron chi connectivity index (χ0n) is 11.1. The van der Waals surface area contributed by atoms with Gasteiger partial charge >= 0.3 is 5.97 Å². The van der Waals surface area contributed by atoms with E-state index in [0.29, 0.717) is 6.61 Å². The number of ketones is 1. The Bertz CT molecular complexity index is 730. The Hall–Kier alpha value is -1.68. The van der Waals surface area contributed by atoms with Gasteiger partial charge in [0.2, 0.25) is 0 Å². The van der Waals surface area contributed by atoms with Gasteiger partial charge in [-0.1, -0.05) is 18.2 Å². The lowest BCUT2D eigenvalue weighted by Gasteiger charge is -2.29. The summed E-state index contributed by atoms with van der Waals surface area (Å²) in [6.07, 6.45) is 0.856. The average Bonchev–Trinajstić information content (AvgIpc) is 2.97. The van der Waals surface area contributed by atoms with Crippen LogP contribution < -0.4 is 0 Å². The first-order valence-corrected chi connectivity index (χ1v) is 7.66. The van der Waals surface area contributed by atoms with Gasteiger partial charge in [-0.2, -0.15) is 0 Å². The smallest absolute Gasteiger partial charge is 0.310 e. The van der Waals surface area contributed by atoms with Crippen molar-refractivity contribution < 1.29 is 14.3 Å². The number of benzene rings is 1. The third kappa shape index (κ3) is 1.51. The van der Waals surface area contributed by atoms with Crippen LogP contribution in [0.4, 0.5) is 0 Å². The molecule has 2 aromatic rings. The molecule has 4 heteroatoms. The molecule has 0 radical (unpaired) electrons. The zero-order valence-corrected chi connectivity index (χ0v) is 11.9. The molecule has 3 atom stereocenters. The van der Waals surface area contributed by atoms with Gasteiger partial charge in [0.1, 0.15) is 5.78 Å². The number of cyclic esters (lactones) is 1. The second-order valence-electron chi connectivity index (χ2n) is 5.64. The minimum Gasteiger partial charge on any atom is -0.465 e. The summed E-state index contributed by atoms with van der Waals surface area (Å²) in [6, 6.07) is 8.15. The predicted molar refractivity (Wildman–Crippen MR) is 76.9 cm³/mol. The molecule has 1 aliphatic carbocycles. The number of hydrogen-bond donors (Lipinski definition) is 0. The van der Waals surface area contributed by atoms with Crippen LogP contribution >= 0.6 is 11.3 Å². The van der Waals surface area contributed by atoms with Crippen molar-refractivity contribution in [2.75, 3.05) is 6.61 Å². The van der Waals surface area contributed by atoms with Gasteiger partial charge in [0.05, 0.1) is 18.4 Å². The van der Waals surface area contributed by atoms with Gasteiger partial charge in [-0.05, 0) is 30.4 Å². The van der Waals surface area contributed by atoms with E-state index in [2.05, 4.69) is 12.1 Å². The van der Waals surface area contributed by atoms with E-state index in [1.165, 1.54) is 9.58 Å². The highest BCUT2D eigenvalue weighted by Crippen LogP contribution is 2.49. The van der Waals surface area contributed by atoms with Crippen molar-refractivity contribution in [1.82, 2.24) is 0 Å². The van der Waals surface area contributed by atoms with E-state index >= 15 is 0 Å². The Morgan fingerprint density at radius 1 is 1.35 bits per heavy atom. The fraction of sp³-hybridized carbons (Fsp3) is 0.375. The van der Waals surface area contributed by atoms with Crippen molar-refractivity contribution in [3.05, 3.63) is 34.7 Å². The highest BCUT2D eigenvalue weighted by molar-refractivity contribution is 7.19. The fourth-order valence-electron chi connectivity index (χ4n) is 3.66. The number of Topliss-reactive ketones (excluding diaryl/α,β-unsaturated/α-hetero) is 1. The summed E-state index contributed by atoms with van der Waals surface area (Å²) in [5.41, 5.74) is 1.08. The monoisotopic (exact) mass is 286 g/mol. The first-order valence-electron chi connectivity index (χ1n) is 6.84. The number of hydrogen-bond acceptors (Lipinski definition) is 4. The fourth-order valence-corrected chi connectivity index (χ4v) is 5.00. The lowest BCUT2D eigenvalue weighted by atomic mass is 9.70. The molecule has 1 fully saturated rings. The van der Waals surface area contributed by atoms with Crippen LogP contribution in [0.3, 0.4) is 0 Å². The third-order valence-corrected chi connectivity index (χ3v) is 5.70. The minimum absolute atomic E-state index is 0.0725. The molecule has 0 amide bonds. The van der Waals surface area contributed by atoms with E-state index in [-0.39, 0.29) is 29.5 Å². The quantitative estimate of drug-likeness (QED) is 0.757. The summed E-state index contributed by atoms with van der Waals surface area (Å²) in [5, 5.41) is 1.13. The second-order valence-corrected chi connectivity index (χ2v) is 6.78. The maximum atomic E-state index is 12.2. The van der Waals surface area contributed by atoms with Crippen molar-refractivity contribution in [3.8, 4) is 0 Å². The van der Waals surface area contributed by atoms with Crippen LogP contribution in [-0.4, -0.2) is 18.4 Å². The Balaban J connectivity index is 1.98. The highest BCUT2D eigenvalue weighted by atomic mass is 32.1. The lowest BCUT2D eigenvalue weighted by Crippen LogP contribution is -2.33. The number of ether oxygens (including phenoxy) is 1. The van der Waals surface area contributed by atoms with Crippen molar-refractivity contribution in [2.45, 2.75) is 19.3 Å². The molecule has 2 heterocycles. The number of fused-ring (bicyclic) bond motifs is 4. The number of rotatable bonds is 1. The molecule has 1 aromatic carbocycles. The average molecular weight is 286 g/mol. The molecule has 0 unspecified atom stereocenters. The molecular weight excluding hydrogens is 272 g/mol. The predicted octanol–water partition coefficient (Wildman–Crippen LogP) is 2.92. The van der Waals surface area contributed by atoms with E-state index in [4.69, 9.17) is 4.74 Å². The Labute approximate surface area is 120 Å². The summed E-state index contributed by atoms with van der Waals surface area (Å²) >= 11 is 1.75. The molecule has 1 aliphatic heterocycles. The molecule has 2 aliphatic rings. The van der Waals surface area contributed by atoms with Crippen LogP contribution in [0.5, 0.6) is 0 Å². The second kappa shape index (κ2) is 4.16. The first kappa shape index (κ1) is 12.1. The van der Waals surface area contributed by atoms with Crippen LogP contribution in [0, 0.1) is 11.8 Å². The van der Waals surface area contributed by atoms with Crippen molar-refractivity contribution in [3.63, 3.8) is 0 Å². The lowest BCUT2D eigenvalue weighted by molar-refractivity contribution is -0.143. The molecule has 0 bridgehead atoms. The molecule has 0 spiro atoms. The van der Waals surface area contributed by atoms with Gasteiger partial charge in [0.15, 0.2) is 0 Å². The van der Waals surface area contributed by atoms with Gasteiger partial charge in [-0.15, -0.1) is 11.3 Å². The van der Waals surface area contributed by atoms with Gasteiger partial charge < -0.3 is 4.74 Å². The largest absolute Gasteiger partial charge is 0.465 e. The normalized spacial score (nSPS) is 28.1. The molecule has 102 valence electrons. The van der Waals surface area contributed by atoms with E-state index in [1.54, 1.807) is 18.3 Å². The van der Waals surface area contributed by atoms with Crippen LogP contribution in [0.1, 0.15) is 23.3 Å². The van der Waals surface area contributed by atoms with E-state index in [9.17, 15) is 9.59 Å². The summed E-state index contributed by atoms with van der Waals surface area (Å²) in [6.45, 7) is 2.05. The molecule has 20 heavy (non-hydrogen) atoms. The van der Waals surface area contributed by atoms with Crippen molar-refractivity contribution in [1.29, 1.82) is 0 Å². The molecular formula is C16H14O3S. The summed E-state index contributed by atoms with van der Waals surface area (Å²) in [7, 11) is 0. The molecule has 0 saturated carbocycles. The number of carbonyl (C=O) groups is 2. The van der Waals surface area contributed by atoms with Crippen LogP contribution in [0.2, 0.25) is 0 Å². The van der Waals surface area contributed by atoms with Gasteiger partial charge in [-0.25, -0.2) is 0 Å². The van der Waals surface area contributed by atoms with Gasteiger partial charge in [-0.3, -0.25) is 9.59 Å². The molecule has 3 nitrogen and oxygen atoms in total. The minimum atomic E-state index is -0.324. The topological polar surface area (TPSA) is 43.4 Å². The standard InChI is InChI=1S/C16H14O3S/c1-8(17)13-14-9(7-19-16(14)18)6-12-15(13)10-4-2-3-5-11(10)20-12/h2-5,9,13-14H,6-7H2,1H3/t9-,13+,14-/m1/s1. The maximum absolute atomic E-state index is 12.2. The van der Waals surface area contributed by atoms with Crippen molar-refractivity contribution >= 4 is 33.2 Å². The summed E-state index contributed by atoms with van der Waals surface area (Å²) < 4.78 is 6.41. The van der Waals surface area contributed by atoms with Gasteiger partial charge in [0, 0.05) is 15.5 Å². The van der Waals surface area contributed by atoms with Crippen LogP contribution in [0.15, 0.2) is 24.3 Å². The Morgan fingerprint density at radius 3 is 2.95 bits per heavy atom. The SMILES string of the molecule is CC(=O)[C@@H]1c2c(sc3ccccc23)C[C@@H]2COC(=O)[C@H]21. The van der Waals surface area contributed by atoms with Crippen molar-refractivity contribution in [2.24, 2.45) is 11.8 Å². The summed E-state index contributed by atoms with van der Waals surface area (Å²) in [4.78, 5) is 25.5. The van der Waals surface area contributed by atoms with Crippen LogP contribution in [0.25, 0.3) is 10.1 Å². The van der Waals surface area contributed by atoms with E-state index in [1.807, 2.05) is 12.1 Å². The Morgan fingerprint density at radius 2 is 2.15 bits per heavy atom. The molecule has 1 aromatic heterocycles. The van der Waals surface area contributed by atoms with Crippen LogP contribution in [-0.2, 0) is 20.7 Å².